The molecule has 0 bridgehead atoms. The van der Waals surface area contributed by atoms with Gasteiger partial charge in [-0.2, -0.15) is 0 Å². The Morgan fingerprint density at radius 1 is 1.04 bits per heavy atom. The van der Waals surface area contributed by atoms with Gasteiger partial charge >= 0.3 is 0 Å². The number of methoxy groups -OCH3 is 2. The molecule has 1 aliphatic rings. The van der Waals surface area contributed by atoms with E-state index in [1.165, 1.54) is 0 Å². The van der Waals surface area contributed by atoms with E-state index in [1.54, 1.807) is 14.2 Å². The first-order chi connectivity index (χ1) is 13.6. The molecule has 3 rings (SSSR count). The zero-order valence-electron chi connectivity index (χ0n) is 16.3. The van der Waals surface area contributed by atoms with Gasteiger partial charge in [-0.05, 0) is 36.6 Å². The largest absolute Gasteiger partial charge is 0.495 e. The second-order valence-corrected chi connectivity index (χ2v) is 6.85. The molecule has 1 fully saturated rings. The van der Waals surface area contributed by atoms with Crippen LogP contribution in [0, 0.1) is 5.92 Å². The van der Waals surface area contributed by atoms with Gasteiger partial charge in [-0.15, -0.1) is 0 Å². The number of para-hydroxylation sites is 2. The summed E-state index contributed by atoms with van der Waals surface area (Å²) in [6.45, 7) is 1.52. The van der Waals surface area contributed by atoms with E-state index in [2.05, 4.69) is 5.32 Å². The summed E-state index contributed by atoms with van der Waals surface area (Å²) >= 11 is 0. The van der Waals surface area contributed by atoms with E-state index in [-0.39, 0.29) is 17.7 Å². The van der Waals surface area contributed by atoms with E-state index in [0.29, 0.717) is 49.5 Å². The average molecular weight is 382 g/mol. The third-order valence-corrected chi connectivity index (χ3v) is 5.07. The molecule has 6 nitrogen and oxygen atoms in total. The topological polar surface area (TPSA) is 67.9 Å². The van der Waals surface area contributed by atoms with Crippen LogP contribution in [-0.4, -0.2) is 44.0 Å². The molecule has 0 spiro atoms. The monoisotopic (exact) mass is 382 g/mol. The van der Waals surface area contributed by atoms with Crippen LogP contribution in [0.1, 0.15) is 28.8 Å². The second kappa shape index (κ2) is 9.37. The van der Waals surface area contributed by atoms with Crippen molar-refractivity contribution in [2.24, 2.45) is 5.92 Å². The van der Waals surface area contributed by atoms with Crippen LogP contribution in [0.5, 0.6) is 5.75 Å². The molecular formula is C22H26N2O4. The molecule has 148 valence electrons. The Kier molecular flexibility index (Phi) is 6.66. The molecule has 1 saturated heterocycles. The minimum atomic E-state index is -0.122. The molecule has 0 unspecified atom stereocenters. The van der Waals surface area contributed by atoms with Gasteiger partial charge in [0.2, 0.25) is 5.91 Å². The number of ether oxygens (including phenoxy) is 2. The highest BCUT2D eigenvalue weighted by molar-refractivity contribution is 5.96. The predicted octanol–water partition coefficient (Wildman–Crippen LogP) is 3.33. The molecule has 1 heterocycles. The van der Waals surface area contributed by atoms with E-state index in [9.17, 15) is 9.59 Å². The summed E-state index contributed by atoms with van der Waals surface area (Å²) in [5.41, 5.74) is 2.22. The summed E-state index contributed by atoms with van der Waals surface area (Å²) in [5, 5.41) is 2.95. The summed E-state index contributed by atoms with van der Waals surface area (Å²) in [7, 11) is 3.20. The molecule has 0 radical (unpaired) electrons. The molecule has 28 heavy (non-hydrogen) atoms. The van der Waals surface area contributed by atoms with Gasteiger partial charge in [-0.3, -0.25) is 9.59 Å². The second-order valence-electron chi connectivity index (χ2n) is 6.85. The molecule has 1 aliphatic heterocycles. The lowest BCUT2D eigenvalue weighted by molar-refractivity contribution is -0.121. The van der Waals surface area contributed by atoms with Crippen molar-refractivity contribution >= 4 is 17.5 Å². The molecule has 2 aromatic rings. The molecule has 0 aliphatic carbocycles. The Bertz CT molecular complexity index is 829. The smallest absolute Gasteiger partial charge is 0.254 e. The number of likely N-dealkylation sites (tertiary alicyclic amines) is 1. The quantitative estimate of drug-likeness (QED) is 0.832. The van der Waals surface area contributed by atoms with Gasteiger partial charge < -0.3 is 19.7 Å². The van der Waals surface area contributed by atoms with Crippen LogP contribution in [0.3, 0.4) is 0 Å². The summed E-state index contributed by atoms with van der Waals surface area (Å²) in [6.07, 6.45) is 1.28. The number of nitrogens with one attached hydrogen (secondary N) is 1. The average Bonchev–Trinajstić information content (AvgIpc) is 2.74. The Hall–Kier alpha value is -2.86. The van der Waals surface area contributed by atoms with Crippen molar-refractivity contribution in [3.8, 4) is 5.75 Å². The number of hydrogen-bond donors (Lipinski definition) is 1. The van der Waals surface area contributed by atoms with Crippen LogP contribution in [0.15, 0.2) is 48.5 Å². The first kappa shape index (κ1) is 19.9. The van der Waals surface area contributed by atoms with Gasteiger partial charge in [0.1, 0.15) is 5.75 Å². The number of piperidine rings is 1. The molecule has 2 amide bonds. The van der Waals surface area contributed by atoms with Crippen molar-refractivity contribution in [2.45, 2.75) is 19.4 Å². The van der Waals surface area contributed by atoms with Crippen LogP contribution < -0.4 is 10.1 Å². The molecule has 1 N–H and O–H groups in total. The van der Waals surface area contributed by atoms with Gasteiger partial charge in [-0.25, -0.2) is 0 Å². The lowest BCUT2D eigenvalue weighted by Gasteiger charge is -2.32. The van der Waals surface area contributed by atoms with E-state index >= 15 is 0 Å². The van der Waals surface area contributed by atoms with Crippen LogP contribution in [0.25, 0.3) is 0 Å². The lowest BCUT2D eigenvalue weighted by Crippen LogP contribution is -2.41. The summed E-state index contributed by atoms with van der Waals surface area (Å²) < 4.78 is 10.5. The fourth-order valence-corrected chi connectivity index (χ4v) is 3.51. The van der Waals surface area contributed by atoms with Crippen LogP contribution in [0.2, 0.25) is 0 Å². The highest BCUT2D eigenvalue weighted by Crippen LogP contribution is 2.26. The SMILES string of the molecule is COCc1ccccc1C(=O)N1CCC(C(=O)Nc2ccccc2OC)CC1. The fourth-order valence-electron chi connectivity index (χ4n) is 3.51. The maximum atomic E-state index is 12.9. The number of carbonyl (C=O) groups is 2. The highest BCUT2D eigenvalue weighted by atomic mass is 16.5. The first-order valence-corrected chi connectivity index (χ1v) is 9.44. The molecule has 0 aromatic heterocycles. The van der Waals surface area contributed by atoms with E-state index in [1.807, 2.05) is 53.4 Å². The highest BCUT2D eigenvalue weighted by Gasteiger charge is 2.29. The van der Waals surface area contributed by atoms with Gasteiger partial charge in [0.15, 0.2) is 0 Å². The van der Waals surface area contributed by atoms with Crippen molar-refractivity contribution in [1.82, 2.24) is 4.90 Å². The maximum Gasteiger partial charge on any atom is 0.254 e. The Balaban J connectivity index is 1.60. The van der Waals surface area contributed by atoms with Gasteiger partial charge in [-0.1, -0.05) is 30.3 Å². The van der Waals surface area contributed by atoms with Gasteiger partial charge in [0.05, 0.1) is 19.4 Å². The Morgan fingerprint density at radius 3 is 2.43 bits per heavy atom. The summed E-state index contributed by atoms with van der Waals surface area (Å²) in [5.74, 6) is 0.481. The van der Waals surface area contributed by atoms with Gasteiger partial charge in [0.25, 0.3) is 5.91 Å². The zero-order valence-corrected chi connectivity index (χ0v) is 16.3. The van der Waals surface area contributed by atoms with Crippen LogP contribution in [-0.2, 0) is 16.1 Å². The number of hydrogen-bond acceptors (Lipinski definition) is 4. The Labute approximate surface area is 165 Å². The maximum absolute atomic E-state index is 12.9. The molecule has 6 heteroatoms. The Morgan fingerprint density at radius 2 is 1.71 bits per heavy atom. The van der Waals surface area contributed by atoms with E-state index in [0.717, 1.165) is 5.56 Å². The van der Waals surface area contributed by atoms with Crippen molar-refractivity contribution in [3.05, 3.63) is 59.7 Å². The third kappa shape index (κ3) is 4.51. The molecule has 0 saturated carbocycles. The molecule has 0 atom stereocenters. The van der Waals surface area contributed by atoms with Crippen LogP contribution >= 0.6 is 0 Å². The number of rotatable bonds is 6. The third-order valence-electron chi connectivity index (χ3n) is 5.07. The summed E-state index contributed by atoms with van der Waals surface area (Å²) in [6, 6.07) is 14.9. The number of nitrogens with zero attached hydrogens (tertiary/aromatic N) is 1. The lowest BCUT2D eigenvalue weighted by atomic mass is 9.95. The minimum absolute atomic E-state index is 0.00348. The number of benzene rings is 2. The summed E-state index contributed by atoms with van der Waals surface area (Å²) in [4.78, 5) is 27.4. The standard InChI is InChI=1S/C22H26N2O4/c1-27-15-17-7-3-4-8-18(17)22(26)24-13-11-16(12-14-24)21(25)23-19-9-5-6-10-20(19)28-2/h3-10,16H,11-15H2,1-2H3,(H,23,25). The predicted molar refractivity (Wildman–Crippen MR) is 107 cm³/mol. The van der Waals surface area contributed by atoms with E-state index in [4.69, 9.17) is 9.47 Å². The zero-order chi connectivity index (χ0) is 19.9. The first-order valence-electron chi connectivity index (χ1n) is 9.44. The van der Waals surface area contributed by atoms with Gasteiger partial charge in [0, 0.05) is 31.7 Å². The normalized spacial score (nSPS) is 14.6. The van der Waals surface area contributed by atoms with Crippen molar-refractivity contribution in [2.75, 3.05) is 32.6 Å². The molecular weight excluding hydrogens is 356 g/mol. The number of carbonyl (C=O) groups excluding carboxylic acids is 2. The van der Waals surface area contributed by atoms with Crippen LogP contribution in [0.4, 0.5) is 5.69 Å². The van der Waals surface area contributed by atoms with Crippen molar-refractivity contribution in [3.63, 3.8) is 0 Å². The van der Waals surface area contributed by atoms with E-state index < -0.39 is 0 Å². The number of anilines is 1. The minimum Gasteiger partial charge on any atom is -0.495 e. The van der Waals surface area contributed by atoms with Crippen molar-refractivity contribution < 1.29 is 19.1 Å². The van der Waals surface area contributed by atoms with Crippen molar-refractivity contribution in [1.29, 1.82) is 0 Å². The molecule has 2 aromatic carbocycles. The fraction of sp³-hybridized carbons (Fsp3) is 0.364. The number of amides is 2.